The number of aryl methyl sites for hydroxylation is 1. The zero-order valence-electron chi connectivity index (χ0n) is 8.77. The molecule has 0 aliphatic carbocycles. The number of rotatable bonds is 3. The summed E-state index contributed by atoms with van der Waals surface area (Å²) in [6.45, 7) is 2.37. The average molecular weight is 214 g/mol. The molecule has 5 nitrogen and oxygen atoms in total. The topological polar surface area (TPSA) is 74.7 Å². The van der Waals surface area contributed by atoms with Gasteiger partial charge in [-0.05, 0) is 25.1 Å². The molecule has 0 fully saturated rings. The number of aromatic nitrogens is 2. The van der Waals surface area contributed by atoms with Crippen molar-refractivity contribution in [1.82, 2.24) is 10.2 Å². The second kappa shape index (κ2) is 4.45. The van der Waals surface area contributed by atoms with Crippen LogP contribution in [0.25, 0.3) is 0 Å². The fourth-order valence-corrected chi connectivity index (χ4v) is 1.30. The smallest absolute Gasteiger partial charge is 0.167 e. The molecule has 0 aromatic carbocycles. The minimum absolute atomic E-state index is 0.471. The molecule has 0 saturated heterocycles. The largest absolute Gasteiger partial charge is 0.465 e. The van der Waals surface area contributed by atoms with Crippen LogP contribution in [0, 0.1) is 18.3 Å². The summed E-state index contributed by atoms with van der Waals surface area (Å²) in [4.78, 5) is 0. The zero-order chi connectivity index (χ0) is 11.4. The summed E-state index contributed by atoms with van der Waals surface area (Å²) < 4.78 is 5.39. The Bertz CT molecular complexity index is 527. The van der Waals surface area contributed by atoms with E-state index < -0.39 is 0 Å². The third-order valence-corrected chi connectivity index (χ3v) is 2.07. The highest BCUT2D eigenvalue weighted by Gasteiger charge is 2.04. The van der Waals surface area contributed by atoms with Gasteiger partial charge in [0.15, 0.2) is 5.82 Å². The Labute approximate surface area is 92.7 Å². The van der Waals surface area contributed by atoms with Crippen LogP contribution in [0.2, 0.25) is 0 Å². The van der Waals surface area contributed by atoms with E-state index in [1.807, 2.05) is 25.1 Å². The molecule has 2 aromatic rings. The summed E-state index contributed by atoms with van der Waals surface area (Å²) in [7, 11) is 0. The minimum atomic E-state index is 0.471. The van der Waals surface area contributed by atoms with Crippen LogP contribution in [0.15, 0.2) is 28.8 Å². The van der Waals surface area contributed by atoms with E-state index >= 15 is 0 Å². The van der Waals surface area contributed by atoms with Gasteiger partial charge in [-0.25, -0.2) is 0 Å². The summed E-state index contributed by atoms with van der Waals surface area (Å²) in [6, 6.07) is 7.42. The summed E-state index contributed by atoms with van der Waals surface area (Å²) >= 11 is 0. The molecule has 0 spiro atoms. The zero-order valence-corrected chi connectivity index (χ0v) is 8.77. The van der Waals surface area contributed by atoms with Crippen molar-refractivity contribution in [2.24, 2.45) is 0 Å². The molecule has 0 aliphatic rings. The highest BCUT2D eigenvalue weighted by atomic mass is 16.3. The molecule has 1 N–H and O–H groups in total. The van der Waals surface area contributed by atoms with Crippen LogP contribution in [0.5, 0.6) is 0 Å². The van der Waals surface area contributed by atoms with Gasteiger partial charge in [-0.2, -0.15) is 10.4 Å². The number of nitrogens with one attached hydrogen (secondary N) is 1. The summed E-state index contributed by atoms with van der Waals surface area (Å²) in [5, 5.41) is 19.4. The van der Waals surface area contributed by atoms with Gasteiger partial charge in [-0.15, -0.1) is 5.10 Å². The third-order valence-electron chi connectivity index (χ3n) is 2.07. The predicted molar refractivity (Wildman–Crippen MR) is 57.5 cm³/mol. The maximum absolute atomic E-state index is 8.84. The molecule has 0 saturated carbocycles. The van der Waals surface area contributed by atoms with Gasteiger partial charge in [0.25, 0.3) is 0 Å². The molecule has 2 aromatic heterocycles. The van der Waals surface area contributed by atoms with Crippen LogP contribution < -0.4 is 5.32 Å². The SMILES string of the molecule is Cc1ccc(CNc2nnccc2C#N)o1. The maximum Gasteiger partial charge on any atom is 0.167 e. The van der Waals surface area contributed by atoms with E-state index in [-0.39, 0.29) is 0 Å². The number of hydrogen-bond acceptors (Lipinski definition) is 5. The van der Waals surface area contributed by atoms with Gasteiger partial charge < -0.3 is 9.73 Å². The molecular formula is C11H10N4O. The number of nitriles is 1. The molecule has 16 heavy (non-hydrogen) atoms. The lowest BCUT2D eigenvalue weighted by molar-refractivity contribution is 0.490. The Morgan fingerprint density at radius 3 is 3.00 bits per heavy atom. The lowest BCUT2D eigenvalue weighted by atomic mass is 10.3. The Kier molecular flexibility index (Phi) is 2.83. The fraction of sp³-hybridized carbons (Fsp3) is 0.182. The first-order valence-electron chi connectivity index (χ1n) is 4.80. The summed E-state index contributed by atoms with van der Waals surface area (Å²) in [6.07, 6.45) is 1.49. The third kappa shape index (κ3) is 2.17. The van der Waals surface area contributed by atoms with Crippen LogP contribution in [-0.4, -0.2) is 10.2 Å². The van der Waals surface area contributed by atoms with Crippen LogP contribution in [0.4, 0.5) is 5.82 Å². The Hall–Kier alpha value is -2.35. The summed E-state index contributed by atoms with van der Waals surface area (Å²) in [5.74, 6) is 2.13. The normalized spacial score (nSPS) is 9.75. The van der Waals surface area contributed by atoms with E-state index in [1.54, 1.807) is 6.07 Å². The molecule has 2 heterocycles. The van der Waals surface area contributed by atoms with Crippen LogP contribution in [0.1, 0.15) is 17.1 Å². The van der Waals surface area contributed by atoms with E-state index in [9.17, 15) is 0 Å². The molecular weight excluding hydrogens is 204 g/mol. The van der Waals surface area contributed by atoms with E-state index in [1.165, 1.54) is 6.20 Å². The predicted octanol–water partition coefficient (Wildman–Crippen LogP) is 1.86. The highest BCUT2D eigenvalue weighted by Crippen LogP contribution is 2.12. The summed E-state index contributed by atoms with van der Waals surface area (Å²) in [5.41, 5.74) is 0.471. The van der Waals surface area contributed by atoms with Crippen molar-refractivity contribution < 1.29 is 4.42 Å². The van der Waals surface area contributed by atoms with Crippen LogP contribution >= 0.6 is 0 Å². The van der Waals surface area contributed by atoms with Gasteiger partial charge in [0.2, 0.25) is 0 Å². The number of anilines is 1. The second-order valence-electron chi connectivity index (χ2n) is 3.27. The quantitative estimate of drug-likeness (QED) is 0.844. The fourth-order valence-electron chi connectivity index (χ4n) is 1.30. The Morgan fingerprint density at radius 1 is 1.44 bits per heavy atom. The van der Waals surface area contributed by atoms with Gasteiger partial charge in [0, 0.05) is 0 Å². The van der Waals surface area contributed by atoms with Crippen molar-refractivity contribution in [3.05, 3.63) is 41.5 Å². The van der Waals surface area contributed by atoms with E-state index in [0.717, 1.165) is 11.5 Å². The minimum Gasteiger partial charge on any atom is -0.465 e. The van der Waals surface area contributed by atoms with Crippen LogP contribution in [0.3, 0.4) is 0 Å². The molecule has 0 aliphatic heterocycles. The molecule has 5 heteroatoms. The molecule has 0 bridgehead atoms. The molecule has 80 valence electrons. The van der Waals surface area contributed by atoms with Gasteiger partial charge >= 0.3 is 0 Å². The van der Waals surface area contributed by atoms with E-state index in [0.29, 0.717) is 17.9 Å². The molecule has 0 unspecified atom stereocenters. The van der Waals surface area contributed by atoms with Crippen molar-refractivity contribution in [2.45, 2.75) is 13.5 Å². The Morgan fingerprint density at radius 2 is 2.31 bits per heavy atom. The van der Waals surface area contributed by atoms with Crippen molar-refractivity contribution in [3.8, 4) is 6.07 Å². The van der Waals surface area contributed by atoms with Gasteiger partial charge in [-0.1, -0.05) is 0 Å². The van der Waals surface area contributed by atoms with Gasteiger partial charge in [-0.3, -0.25) is 0 Å². The Balaban J connectivity index is 2.08. The first-order valence-corrected chi connectivity index (χ1v) is 4.80. The lowest BCUT2D eigenvalue weighted by Crippen LogP contribution is -2.03. The highest BCUT2D eigenvalue weighted by molar-refractivity contribution is 5.50. The number of furan rings is 1. The standard InChI is InChI=1S/C11H10N4O/c1-8-2-3-10(16-8)7-13-11-9(6-12)4-5-14-15-11/h2-5H,7H2,1H3,(H,13,15). The first kappa shape index (κ1) is 10.2. The van der Waals surface area contributed by atoms with Crippen molar-refractivity contribution >= 4 is 5.82 Å². The average Bonchev–Trinajstić information content (AvgIpc) is 2.73. The van der Waals surface area contributed by atoms with Gasteiger partial charge in [0.05, 0.1) is 18.3 Å². The van der Waals surface area contributed by atoms with Crippen LogP contribution in [-0.2, 0) is 6.54 Å². The monoisotopic (exact) mass is 214 g/mol. The first-order chi connectivity index (χ1) is 7.79. The number of hydrogen-bond donors (Lipinski definition) is 1. The lowest BCUT2D eigenvalue weighted by Gasteiger charge is -2.03. The molecule has 0 atom stereocenters. The molecule has 0 radical (unpaired) electrons. The van der Waals surface area contributed by atoms with Gasteiger partial charge in [0.1, 0.15) is 17.6 Å². The second-order valence-corrected chi connectivity index (χ2v) is 3.27. The van der Waals surface area contributed by atoms with Crippen molar-refractivity contribution in [1.29, 1.82) is 5.26 Å². The molecule has 0 amide bonds. The number of nitrogens with zero attached hydrogens (tertiary/aromatic N) is 3. The van der Waals surface area contributed by atoms with E-state index in [4.69, 9.17) is 9.68 Å². The van der Waals surface area contributed by atoms with Crippen molar-refractivity contribution in [3.63, 3.8) is 0 Å². The maximum atomic E-state index is 8.84. The van der Waals surface area contributed by atoms with Crippen molar-refractivity contribution in [2.75, 3.05) is 5.32 Å². The van der Waals surface area contributed by atoms with E-state index in [2.05, 4.69) is 15.5 Å². The molecule has 2 rings (SSSR count).